The van der Waals surface area contributed by atoms with E-state index in [0.29, 0.717) is 19.6 Å². The number of carbonyl (C=O) groups is 2. The van der Waals surface area contributed by atoms with Gasteiger partial charge >= 0.3 is 5.97 Å². The largest absolute Gasteiger partial charge is 0.465 e. The Morgan fingerprint density at radius 3 is 2.42 bits per heavy atom. The van der Waals surface area contributed by atoms with Crippen molar-refractivity contribution >= 4 is 11.9 Å². The van der Waals surface area contributed by atoms with E-state index < -0.39 is 16.9 Å². The van der Waals surface area contributed by atoms with E-state index >= 15 is 0 Å². The standard InChI is InChI=1S/C13H24N2O4/c1-5-18-9-7-13(14,12(9,3)4)11(17)15-8-10(16)19-6-2/h9H,5-8,14H2,1-4H3,(H,15,17). The maximum atomic E-state index is 12.1. The third kappa shape index (κ3) is 2.90. The van der Waals surface area contributed by atoms with E-state index in [9.17, 15) is 9.59 Å². The maximum Gasteiger partial charge on any atom is 0.325 e. The van der Waals surface area contributed by atoms with E-state index in [0.717, 1.165) is 0 Å². The van der Waals surface area contributed by atoms with E-state index in [2.05, 4.69) is 5.32 Å². The first-order valence-corrected chi connectivity index (χ1v) is 6.64. The molecule has 1 saturated carbocycles. The van der Waals surface area contributed by atoms with E-state index in [1.807, 2.05) is 20.8 Å². The van der Waals surface area contributed by atoms with Crippen LogP contribution < -0.4 is 11.1 Å². The number of hydrogen-bond donors (Lipinski definition) is 2. The van der Waals surface area contributed by atoms with Gasteiger partial charge in [0.15, 0.2) is 0 Å². The summed E-state index contributed by atoms with van der Waals surface area (Å²) in [7, 11) is 0. The summed E-state index contributed by atoms with van der Waals surface area (Å²) in [4.78, 5) is 23.3. The third-order valence-corrected chi connectivity index (χ3v) is 3.93. The topological polar surface area (TPSA) is 90.7 Å². The highest BCUT2D eigenvalue weighted by Gasteiger charge is 2.62. The van der Waals surface area contributed by atoms with Crippen LogP contribution in [0.15, 0.2) is 0 Å². The molecule has 1 fully saturated rings. The summed E-state index contributed by atoms with van der Waals surface area (Å²) in [6.07, 6.45) is 0.429. The molecule has 0 radical (unpaired) electrons. The summed E-state index contributed by atoms with van der Waals surface area (Å²) in [5.74, 6) is -0.792. The summed E-state index contributed by atoms with van der Waals surface area (Å²) < 4.78 is 10.3. The van der Waals surface area contributed by atoms with Crippen LogP contribution in [0.5, 0.6) is 0 Å². The van der Waals surface area contributed by atoms with E-state index in [1.54, 1.807) is 6.92 Å². The van der Waals surface area contributed by atoms with Crippen molar-refractivity contribution in [2.45, 2.75) is 45.8 Å². The molecule has 3 N–H and O–H groups in total. The van der Waals surface area contributed by atoms with Gasteiger partial charge in [-0.05, 0) is 13.8 Å². The summed E-state index contributed by atoms with van der Waals surface area (Å²) in [5, 5.41) is 2.53. The molecule has 0 bridgehead atoms. The zero-order valence-corrected chi connectivity index (χ0v) is 12.1. The molecule has 1 aliphatic carbocycles. The van der Waals surface area contributed by atoms with Crippen molar-refractivity contribution in [3.05, 3.63) is 0 Å². The number of amides is 1. The molecule has 0 aliphatic heterocycles. The number of rotatable bonds is 6. The monoisotopic (exact) mass is 272 g/mol. The summed E-state index contributed by atoms with van der Waals surface area (Å²) >= 11 is 0. The Morgan fingerprint density at radius 1 is 1.32 bits per heavy atom. The molecule has 2 unspecified atom stereocenters. The van der Waals surface area contributed by atoms with Crippen molar-refractivity contribution in [3.63, 3.8) is 0 Å². The van der Waals surface area contributed by atoms with Gasteiger partial charge in [-0.1, -0.05) is 13.8 Å². The molecule has 0 aromatic heterocycles. The first-order chi connectivity index (χ1) is 8.79. The van der Waals surface area contributed by atoms with Gasteiger partial charge in [-0.3, -0.25) is 9.59 Å². The molecule has 1 aliphatic rings. The number of nitrogens with one attached hydrogen (secondary N) is 1. The van der Waals surface area contributed by atoms with E-state index in [-0.39, 0.29) is 18.6 Å². The lowest BCUT2D eigenvalue weighted by Gasteiger charge is -2.57. The van der Waals surface area contributed by atoms with Crippen LogP contribution in [-0.4, -0.2) is 43.3 Å². The first-order valence-electron chi connectivity index (χ1n) is 6.64. The van der Waals surface area contributed by atoms with Crippen molar-refractivity contribution in [1.82, 2.24) is 5.32 Å². The van der Waals surface area contributed by atoms with E-state index in [1.165, 1.54) is 0 Å². The molecule has 6 nitrogen and oxygen atoms in total. The van der Waals surface area contributed by atoms with Gasteiger partial charge in [0, 0.05) is 18.4 Å². The smallest absolute Gasteiger partial charge is 0.325 e. The van der Waals surface area contributed by atoms with Crippen molar-refractivity contribution in [1.29, 1.82) is 0 Å². The van der Waals surface area contributed by atoms with Gasteiger partial charge in [-0.15, -0.1) is 0 Å². The molecule has 6 heteroatoms. The molecule has 0 aromatic carbocycles. The van der Waals surface area contributed by atoms with Gasteiger partial charge in [0.05, 0.1) is 12.7 Å². The van der Waals surface area contributed by atoms with Gasteiger partial charge in [0.1, 0.15) is 12.1 Å². The van der Waals surface area contributed by atoms with Crippen LogP contribution in [0.3, 0.4) is 0 Å². The Morgan fingerprint density at radius 2 is 1.95 bits per heavy atom. The second-order valence-electron chi connectivity index (χ2n) is 5.33. The molecule has 0 aromatic rings. The molecule has 1 amide bonds. The lowest BCUT2D eigenvalue weighted by Crippen LogP contribution is -2.76. The summed E-state index contributed by atoms with van der Waals surface area (Å²) in [6.45, 7) is 8.16. The highest BCUT2D eigenvalue weighted by atomic mass is 16.5. The molecule has 0 saturated heterocycles. The molecule has 19 heavy (non-hydrogen) atoms. The predicted octanol–water partition coefficient (Wildman–Crippen LogP) is 0.198. The number of esters is 1. The molecule has 110 valence electrons. The highest BCUT2D eigenvalue weighted by Crippen LogP contribution is 2.49. The van der Waals surface area contributed by atoms with Gasteiger partial charge in [-0.25, -0.2) is 0 Å². The molecule has 0 heterocycles. The molecular formula is C13H24N2O4. The van der Waals surface area contributed by atoms with Crippen LogP contribution in [0.1, 0.15) is 34.1 Å². The number of hydrogen-bond acceptors (Lipinski definition) is 5. The SMILES string of the molecule is CCOC(=O)CNC(=O)C1(N)CC(OCC)C1(C)C. The Kier molecular flexibility index (Phi) is 4.92. The van der Waals surface area contributed by atoms with Gasteiger partial charge in [0.2, 0.25) is 5.91 Å². The quantitative estimate of drug-likeness (QED) is 0.674. The third-order valence-electron chi connectivity index (χ3n) is 3.93. The molecule has 0 spiro atoms. The summed E-state index contributed by atoms with van der Waals surface area (Å²) in [5.41, 5.74) is 4.70. The Balaban J connectivity index is 2.55. The fraction of sp³-hybridized carbons (Fsp3) is 0.846. The minimum atomic E-state index is -1.00. The predicted molar refractivity (Wildman–Crippen MR) is 70.4 cm³/mol. The molecule has 2 atom stereocenters. The van der Waals surface area contributed by atoms with Crippen molar-refractivity contribution in [2.75, 3.05) is 19.8 Å². The number of carbonyl (C=O) groups excluding carboxylic acids is 2. The van der Waals surface area contributed by atoms with Crippen LogP contribution in [0, 0.1) is 5.41 Å². The molecular weight excluding hydrogens is 248 g/mol. The number of nitrogens with two attached hydrogens (primary N) is 1. The van der Waals surface area contributed by atoms with E-state index in [4.69, 9.17) is 15.2 Å². The van der Waals surface area contributed by atoms with Crippen LogP contribution >= 0.6 is 0 Å². The van der Waals surface area contributed by atoms with Crippen molar-refractivity contribution in [3.8, 4) is 0 Å². The fourth-order valence-electron chi connectivity index (χ4n) is 2.34. The first kappa shape index (κ1) is 15.9. The average Bonchev–Trinajstić information content (AvgIpc) is 2.35. The van der Waals surface area contributed by atoms with Gasteiger partial charge in [-0.2, -0.15) is 0 Å². The van der Waals surface area contributed by atoms with Gasteiger partial charge < -0.3 is 20.5 Å². The van der Waals surface area contributed by atoms with Crippen LogP contribution in [0.4, 0.5) is 0 Å². The fourth-order valence-corrected chi connectivity index (χ4v) is 2.34. The minimum Gasteiger partial charge on any atom is -0.465 e. The van der Waals surface area contributed by atoms with Crippen LogP contribution in [0.2, 0.25) is 0 Å². The summed E-state index contributed by atoms with van der Waals surface area (Å²) in [6, 6.07) is 0. The Hall–Kier alpha value is -1.14. The lowest BCUT2D eigenvalue weighted by molar-refractivity contribution is -0.171. The van der Waals surface area contributed by atoms with Crippen molar-refractivity contribution in [2.24, 2.45) is 11.1 Å². The minimum absolute atomic E-state index is 0.0316. The average molecular weight is 272 g/mol. The zero-order chi connectivity index (χ0) is 14.7. The van der Waals surface area contributed by atoms with Gasteiger partial charge in [0.25, 0.3) is 0 Å². The van der Waals surface area contributed by atoms with Crippen LogP contribution in [-0.2, 0) is 19.1 Å². The Labute approximate surface area is 114 Å². The number of ether oxygens (including phenoxy) is 2. The van der Waals surface area contributed by atoms with Crippen molar-refractivity contribution < 1.29 is 19.1 Å². The Bertz CT molecular complexity index is 357. The second kappa shape index (κ2) is 5.88. The lowest BCUT2D eigenvalue weighted by atomic mass is 9.54. The molecule has 1 rings (SSSR count). The maximum absolute atomic E-state index is 12.1. The van der Waals surface area contributed by atoms with Crippen LogP contribution in [0.25, 0.3) is 0 Å². The highest BCUT2D eigenvalue weighted by molar-refractivity contribution is 5.91. The second-order valence-corrected chi connectivity index (χ2v) is 5.33. The normalized spacial score (nSPS) is 28.4. The zero-order valence-electron chi connectivity index (χ0n) is 12.1.